The van der Waals surface area contributed by atoms with Gasteiger partial charge in [-0.1, -0.05) is 18.2 Å². The average Bonchev–Trinajstić information content (AvgIpc) is 3.08. The highest BCUT2D eigenvalue weighted by atomic mass is 16.4. The minimum atomic E-state index is -0.371. The number of aromatic amines is 1. The van der Waals surface area contributed by atoms with E-state index in [0.29, 0.717) is 16.7 Å². The molecule has 0 amide bonds. The van der Waals surface area contributed by atoms with Crippen molar-refractivity contribution in [3.05, 3.63) is 74.0 Å². The summed E-state index contributed by atoms with van der Waals surface area (Å²) in [7, 11) is 3.01. The third-order valence-electron chi connectivity index (χ3n) is 3.56. The van der Waals surface area contributed by atoms with Gasteiger partial charge in [0, 0.05) is 25.5 Å². The molecule has 0 atom stereocenters. The molecule has 4 rings (SSSR count). The lowest BCUT2D eigenvalue weighted by Crippen LogP contribution is -2.36. The Morgan fingerprint density at radius 3 is 2.54 bits per heavy atom. The number of fused-ring (bicyclic) bond motifs is 2. The van der Waals surface area contributed by atoms with Crippen LogP contribution in [0.1, 0.15) is 0 Å². The topological polar surface area (TPSA) is 103 Å². The molecule has 0 bridgehead atoms. The molecule has 0 aliphatic carbocycles. The van der Waals surface area contributed by atoms with Crippen molar-refractivity contribution < 1.29 is 4.42 Å². The third-order valence-corrected chi connectivity index (χ3v) is 3.56. The molecular weight excluding hydrogens is 312 g/mol. The molecule has 8 nitrogen and oxygen atoms in total. The standard InChI is InChI=1S/C9H6O2.C7H8N4O2/c10-9-6-5-7-3-1-2-4-8(7)11-9;1-10-5-4(8-3-9-5)6(12)11(2)7(10)13/h1-6H;3H,1-2H3,(H,8,9). The first-order valence-electron chi connectivity index (χ1n) is 7.07. The molecule has 0 aliphatic heterocycles. The molecule has 0 saturated heterocycles. The van der Waals surface area contributed by atoms with Crippen LogP contribution in [0.25, 0.3) is 22.1 Å². The lowest BCUT2D eigenvalue weighted by atomic mass is 10.2. The quantitative estimate of drug-likeness (QED) is 0.480. The summed E-state index contributed by atoms with van der Waals surface area (Å²) in [5, 5.41) is 0.951. The van der Waals surface area contributed by atoms with Crippen molar-refractivity contribution in [2.24, 2.45) is 14.1 Å². The number of nitrogens with one attached hydrogen (secondary N) is 1. The lowest BCUT2D eigenvalue weighted by molar-refractivity contribution is 0.561. The second-order valence-electron chi connectivity index (χ2n) is 5.10. The van der Waals surface area contributed by atoms with E-state index in [1.54, 1.807) is 19.2 Å². The van der Waals surface area contributed by atoms with Gasteiger partial charge >= 0.3 is 11.3 Å². The molecule has 24 heavy (non-hydrogen) atoms. The van der Waals surface area contributed by atoms with Crippen LogP contribution in [0.2, 0.25) is 0 Å². The fourth-order valence-corrected chi connectivity index (χ4v) is 2.28. The maximum absolute atomic E-state index is 11.4. The number of H-pyrrole nitrogens is 1. The summed E-state index contributed by atoms with van der Waals surface area (Å²) >= 11 is 0. The van der Waals surface area contributed by atoms with Gasteiger partial charge in [-0.3, -0.25) is 13.9 Å². The first-order chi connectivity index (χ1) is 11.5. The van der Waals surface area contributed by atoms with Crippen LogP contribution in [0.15, 0.2) is 61.5 Å². The van der Waals surface area contributed by atoms with Gasteiger partial charge in [0.05, 0.1) is 6.33 Å². The van der Waals surface area contributed by atoms with Gasteiger partial charge < -0.3 is 9.40 Å². The van der Waals surface area contributed by atoms with Crippen LogP contribution in [-0.2, 0) is 14.1 Å². The Balaban J connectivity index is 0.000000143. The molecule has 3 aromatic heterocycles. The van der Waals surface area contributed by atoms with Crippen molar-refractivity contribution in [2.75, 3.05) is 0 Å². The molecule has 1 N–H and O–H groups in total. The van der Waals surface area contributed by atoms with E-state index in [4.69, 9.17) is 4.42 Å². The maximum Gasteiger partial charge on any atom is 0.336 e. The van der Waals surface area contributed by atoms with E-state index in [1.165, 1.54) is 24.0 Å². The molecule has 122 valence electrons. The number of hydrogen-bond acceptors (Lipinski definition) is 5. The highest BCUT2D eigenvalue weighted by Gasteiger charge is 2.08. The van der Waals surface area contributed by atoms with Crippen molar-refractivity contribution in [2.45, 2.75) is 0 Å². The highest BCUT2D eigenvalue weighted by Crippen LogP contribution is 2.08. The predicted molar refractivity (Wildman–Crippen MR) is 89.1 cm³/mol. The Kier molecular flexibility index (Phi) is 3.87. The van der Waals surface area contributed by atoms with E-state index >= 15 is 0 Å². The summed E-state index contributed by atoms with van der Waals surface area (Å²) in [6.07, 6.45) is 1.39. The number of nitrogens with zero attached hydrogens (tertiary/aromatic N) is 3. The highest BCUT2D eigenvalue weighted by molar-refractivity contribution is 5.75. The van der Waals surface area contributed by atoms with Crippen molar-refractivity contribution >= 4 is 22.1 Å². The SMILES string of the molecule is Cn1c(=O)c2[nH]cnc2n(C)c1=O.O=c1ccc2ccccc2o1. The Labute approximate surface area is 134 Å². The van der Waals surface area contributed by atoms with Gasteiger partial charge in [-0.25, -0.2) is 14.6 Å². The maximum atomic E-state index is 11.4. The second kappa shape index (κ2) is 5.99. The molecule has 1 aromatic carbocycles. The van der Waals surface area contributed by atoms with Gasteiger partial charge in [0.25, 0.3) is 5.56 Å². The normalized spacial score (nSPS) is 10.6. The first kappa shape index (κ1) is 15.5. The molecule has 4 aromatic rings. The zero-order valence-electron chi connectivity index (χ0n) is 13.0. The summed E-state index contributed by atoms with van der Waals surface area (Å²) in [5.74, 6) is 0. The van der Waals surface area contributed by atoms with Crippen LogP contribution in [0.5, 0.6) is 0 Å². The van der Waals surface area contributed by atoms with Crippen LogP contribution in [0.3, 0.4) is 0 Å². The van der Waals surface area contributed by atoms with Crippen molar-refractivity contribution in [3.63, 3.8) is 0 Å². The minimum absolute atomic E-state index is 0.302. The molecule has 0 aliphatic rings. The van der Waals surface area contributed by atoms with E-state index in [1.807, 2.05) is 18.2 Å². The summed E-state index contributed by atoms with van der Waals surface area (Å²) in [5.41, 5.74) is 0.349. The number of aromatic nitrogens is 4. The van der Waals surface area contributed by atoms with Crippen molar-refractivity contribution in [3.8, 4) is 0 Å². The Hall–Kier alpha value is -3.42. The minimum Gasteiger partial charge on any atom is -0.423 e. The zero-order chi connectivity index (χ0) is 17.3. The van der Waals surface area contributed by atoms with Crippen LogP contribution in [-0.4, -0.2) is 19.1 Å². The average molecular weight is 326 g/mol. The molecule has 0 saturated carbocycles. The molecule has 3 heterocycles. The van der Waals surface area contributed by atoms with E-state index < -0.39 is 0 Å². The third kappa shape index (κ3) is 2.65. The first-order valence-corrected chi connectivity index (χ1v) is 7.07. The fraction of sp³-hybridized carbons (Fsp3) is 0.125. The lowest BCUT2D eigenvalue weighted by Gasteiger charge is -2.00. The van der Waals surface area contributed by atoms with Crippen molar-refractivity contribution in [1.82, 2.24) is 19.1 Å². The van der Waals surface area contributed by atoms with Gasteiger partial charge in [-0.2, -0.15) is 0 Å². The Bertz CT molecular complexity index is 1200. The van der Waals surface area contributed by atoms with Gasteiger partial charge in [-0.15, -0.1) is 0 Å². The van der Waals surface area contributed by atoms with E-state index in [9.17, 15) is 14.4 Å². The van der Waals surface area contributed by atoms with Gasteiger partial charge in [0.2, 0.25) is 0 Å². The molecule has 0 spiro atoms. The summed E-state index contributed by atoms with van der Waals surface area (Å²) in [4.78, 5) is 40.1. The smallest absolute Gasteiger partial charge is 0.336 e. The summed E-state index contributed by atoms with van der Waals surface area (Å²) < 4.78 is 7.27. The largest absolute Gasteiger partial charge is 0.423 e. The number of imidazole rings is 1. The molecule has 0 unspecified atom stereocenters. The summed E-state index contributed by atoms with van der Waals surface area (Å²) in [6, 6.07) is 10.6. The molecule has 0 fully saturated rings. The number of benzene rings is 1. The van der Waals surface area contributed by atoms with Crippen molar-refractivity contribution in [1.29, 1.82) is 0 Å². The Morgan fingerprint density at radius 2 is 1.75 bits per heavy atom. The second-order valence-corrected chi connectivity index (χ2v) is 5.10. The van der Waals surface area contributed by atoms with E-state index in [-0.39, 0.29) is 16.9 Å². The van der Waals surface area contributed by atoms with Crippen LogP contribution >= 0.6 is 0 Å². The van der Waals surface area contributed by atoms with Gasteiger partial charge in [0.1, 0.15) is 11.1 Å². The van der Waals surface area contributed by atoms with Crippen LogP contribution in [0, 0.1) is 0 Å². The number of rotatable bonds is 0. The van der Waals surface area contributed by atoms with Crippen LogP contribution < -0.4 is 16.9 Å². The predicted octanol–water partition coefficient (Wildman–Crippen LogP) is 0.753. The van der Waals surface area contributed by atoms with E-state index in [2.05, 4.69) is 9.97 Å². The fourth-order valence-electron chi connectivity index (χ4n) is 2.28. The number of hydrogen-bond donors (Lipinski definition) is 1. The summed E-state index contributed by atoms with van der Waals surface area (Å²) in [6.45, 7) is 0. The molecular formula is C16H14N4O4. The Morgan fingerprint density at radius 1 is 1.00 bits per heavy atom. The molecule has 8 heteroatoms. The number of aryl methyl sites for hydroxylation is 1. The van der Waals surface area contributed by atoms with Gasteiger partial charge in [0.15, 0.2) is 5.65 Å². The van der Waals surface area contributed by atoms with Crippen LogP contribution in [0.4, 0.5) is 0 Å². The number of para-hydroxylation sites is 1. The van der Waals surface area contributed by atoms with Gasteiger partial charge in [-0.05, 0) is 12.1 Å². The molecule has 0 radical (unpaired) electrons. The zero-order valence-corrected chi connectivity index (χ0v) is 13.0. The monoisotopic (exact) mass is 326 g/mol. The van der Waals surface area contributed by atoms with E-state index in [0.717, 1.165) is 9.95 Å².